The first-order valence-corrected chi connectivity index (χ1v) is 8.52. The molecule has 0 radical (unpaired) electrons. The molecule has 1 atom stereocenters. The van der Waals surface area contributed by atoms with Gasteiger partial charge in [0.1, 0.15) is 4.99 Å². The number of benzene rings is 1. The molecular weight excluding hydrogens is 302 g/mol. The van der Waals surface area contributed by atoms with Crippen molar-refractivity contribution >= 4 is 34.5 Å². The number of halogens is 1. The summed E-state index contributed by atoms with van der Waals surface area (Å²) >= 11 is 11.3. The van der Waals surface area contributed by atoms with Gasteiger partial charge in [-0.15, -0.1) is 0 Å². The third-order valence-electron chi connectivity index (χ3n) is 4.64. The smallest absolute Gasteiger partial charge is 0.106 e. The molecule has 0 aromatic heterocycles. The van der Waals surface area contributed by atoms with Gasteiger partial charge in [-0.2, -0.15) is 0 Å². The largest absolute Gasteiger partial charge is 0.389 e. The second kappa shape index (κ2) is 6.51. The van der Waals surface area contributed by atoms with Crippen LogP contribution in [-0.4, -0.2) is 42.1 Å². The highest BCUT2D eigenvalue weighted by molar-refractivity contribution is 7.80. The molecule has 2 fully saturated rings. The van der Waals surface area contributed by atoms with E-state index < -0.39 is 0 Å². The van der Waals surface area contributed by atoms with Gasteiger partial charge in [-0.05, 0) is 50.6 Å². The maximum Gasteiger partial charge on any atom is 0.106 e. The number of rotatable bonds is 3. The number of piperidine rings is 1. The predicted octanol–water partition coefficient (Wildman–Crippen LogP) is 3.04. The van der Waals surface area contributed by atoms with Gasteiger partial charge in [0.05, 0.1) is 0 Å². The molecule has 1 unspecified atom stereocenters. The first-order chi connectivity index (χ1) is 10.1. The topological polar surface area (TPSA) is 32.5 Å². The molecule has 3 rings (SSSR count). The highest BCUT2D eigenvalue weighted by atomic mass is 35.5. The lowest BCUT2D eigenvalue weighted by molar-refractivity contribution is 0.175. The van der Waals surface area contributed by atoms with Crippen molar-refractivity contribution in [3.63, 3.8) is 0 Å². The molecule has 1 aromatic rings. The first kappa shape index (κ1) is 15.1. The molecule has 0 aliphatic carbocycles. The molecule has 5 heteroatoms. The standard InChI is InChI=1S/C16H22ClN3S/c17-12-4-5-14(16(18)21)15(10-12)20-9-6-13(11-20)19-7-2-1-3-8-19/h4-5,10,13H,1-3,6-9,11H2,(H2,18,21). The first-order valence-electron chi connectivity index (χ1n) is 7.73. The van der Waals surface area contributed by atoms with E-state index in [1.165, 1.54) is 38.8 Å². The van der Waals surface area contributed by atoms with Crippen LogP contribution >= 0.6 is 23.8 Å². The molecule has 0 bridgehead atoms. The molecule has 2 N–H and O–H groups in total. The van der Waals surface area contributed by atoms with Crippen molar-refractivity contribution in [1.82, 2.24) is 4.90 Å². The predicted molar refractivity (Wildman–Crippen MR) is 93.4 cm³/mol. The molecule has 3 nitrogen and oxygen atoms in total. The van der Waals surface area contributed by atoms with Crippen molar-refractivity contribution in [3.05, 3.63) is 28.8 Å². The lowest BCUT2D eigenvalue weighted by atomic mass is 10.1. The van der Waals surface area contributed by atoms with Crippen molar-refractivity contribution in [3.8, 4) is 0 Å². The Hall–Kier alpha value is -0.840. The normalized spacial score (nSPS) is 23.5. The Morgan fingerprint density at radius 3 is 2.67 bits per heavy atom. The van der Waals surface area contributed by atoms with Crippen molar-refractivity contribution in [2.24, 2.45) is 5.73 Å². The minimum atomic E-state index is 0.447. The zero-order valence-electron chi connectivity index (χ0n) is 12.2. The van der Waals surface area contributed by atoms with Gasteiger partial charge in [-0.1, -0.05) is 30.2 Å². The van der Waals surface area contributed by atoms with Gasteiger partial charge in [-0.3, -0.25) is 4.90 Å². The van der Waals surface area contributed by atoms with Crippen LogP contribution in [0.15, 0.2) is 18.2 Å². The summed E-state index contributed by atoms with van der Waals surface area (Å²) in [5.41, 5.74) is 7.89. The maximum atomic E-state index is 6.16. The zero-order valence-corrected chi connectivity index (χ0v) is 13.8. The minimum absolute atomic E-state index is 0.447. The van der Waals surface area contributed by atoms with E-state index in [-0.39, 0.29) is 0 Å². The monoisotopic (exact) mass is 323 g/mol. The molecule has 1 aromatic carbocycles. The Kier molecular flexibility index (Phi) is 4.67. The number of anilines is 1. The molecule has 2 aliphatic heterocycles. The van der Waals surface area contributed by atoms with E-state index in [2.05, 4.69) is 9.80 Å². The van der Waals surface area contributed by atoms with Gasteiger partial charge in [0.2, 0.25) is 0 Å². The fourth-order valence-corrected chi connectivity index (χ4v) is 3.86. The number of nitrogens with two attached hydrogens (primary N) is 1. The van der Waals surface area contributed by atoms with Crippen molar-refractivity contribution < 1.29 is 0 Å². The number of likely N-dealkylation sites (tertiary alicyclic amines) is 1. The molecular formula is C16H22ClN3S. The van der Waals surface area contributed by atoms with E-state index in [0.717, 1.165) is 29.4 Å². The average molecular weight is 324 g/mol. The minimum Gasteiger partial charge on any atom is -0.389 e. The molecule has 2 heterocycles. The van der Waals surface area contributed by atoms with Gasteiger partial charge in [0.15, 0.2) is 0 Å². The third-order valence-corrected chi connectivity index (χ3v) is 5.09. The second-order valence-electron chi connectivity index (χ2n) is 6.01. The molecule has 0 saturated carbocycles. The number of hydrogen-bond donors (Lipinski definition) is 1. The van der Waals surface area contributed by atoms with Crippen molar-refractivity contribution in [2.75, 3.05) is 31.1 Å². The van der Waals surface area contributed by atoms with Gasteiger partial charge >= 0.3 is 0 Å². The molecule has 21 heavy (non-hydrogen) atoms. The van der Waals surface area contributed by atoms with Crippen LogP contribution in [0.2, 0.25) is 5.02 Å². The SMILES string of the molecule is NC(=S)c1ccc(Cl)cc1N1CCC(N2CCCCC2)C1. The molecule has 2 saturated heterocycles. The summed E-state index contributed by atoms with van der Waals surface area (Å²) in [6.45, 7) is 4.60. The number of thiocarbonyl (C=S) groups is 1. The summed E-state index contributed by atoms with van der Waals surface area (Å²) in [4.78, 5) is 5.48. The van der Waals surface area contributed by atoms with Gasteiger partial charge in [0, 0.05) is 35.4 Å². The van der Waals surface area contributed by atoms with Crippen molar-refractivity contribution in [2.45, 2.75) is 31.7 Å². The summed E-state index contributed by atoms with van der Waals surface area (Å²) in [5, 5.41) is 0.742. The lowest BCUT2D eigenvalue weighted by Crippen LogP contribution is -2.41. The van der Waals surface area contributed by atoms with E-state index in [9.17, 15) is 0 Å². The quantitative estimate of drug-likeness (QED) is 0.867. The fraction of sp³-hybridized carbons (Fsp3) is 0.562. The lowest BCUT2D eigenvalue weighted by Gasteiger charge is -2.32. The van der Waals surface area contributed by atoms with Crippen LogP contribution in [0.3, 0.4) is 0 Å². The van der Waals surface area contributed by atoms with E-state index in [1.54, 1.807) is 0 Å². The second-order valence-corrected chi connectivity index (χ2v) is 6.89. The zero-order chi connectivity index (χ0) is 14.8. The van der Waals surface area contributed by atoms with Crippen LogP contribution in [0.5, 0.6) is 0 Å². The van der Waals surface area contributed by atoms with E-state index in [4.69, 9.17) is 29.6 Å². The Morgan fingerprint density at radius 2 is 1.95 bits per heavy atom. The Bertz CT molecular complexity index is 528. The molecule has 2 aliphatic rings. The van der Waals surface area contributed by atoms with Crippen molar-refractivity contribution in [1.29, 1.82) is 0 Å². The number of nitrogens with zero attached hydrogens (tertiary/aromatic N) is 2. The third kappa shape index (κ3) is 3.33. The number of hydrogen-bond acceptors (Lipinski definition) is 3. The van der Waals surface area contributed by atoms with Gasteiger partial charge in [-0.25, -0.2) is 0 Å². The van der Waals surface area contributed by atoms with Crippen LogP contribution < -0.4 is 10.6 Å². The summed E-state index contributed by atoms with van der Waals surface area (Å²) in [6, 6.07) is 6.45. The Morgan fingerprint density at radius 1 is 1.19 bits per heavy atom. The molecule has 0 spiro atoms. The van der Waals surface area contributed by atoms with Crippen LogP contribution in [0, 0.1) is 0 Å². The summed E-state index contributed by atoms with van der Waals surface area (Å²) in [6.07, 6.45) is 5.27. The van der Waals surface area contributed by atoms with Crippen LogP contribution in [0.4, 0.5) is 5.69 Å². The Balaban J connectivity index is 1.76. The highest BCUT2D eigenvalue weighted by Gasteiger charge is 2.29. The molecule has 114 valence electrons. The molecule has 0 amide bonds. The van der Waals surface area contributed by atoms with E-state index >= 15 is 0 Å². The van der Waals surface area contributed by atoms with E-state index in [0.29, 0.717) is 11.0 Å². The Labute approximate surface area is 137 Å². The van der Waals surface area contributed by atoms with Gasteiger partial charge in [0.25, 0.3) is 0 Å². The summed E-state index contributed by atoms with van der Waals surface area (Å²) in [5.74, 6) is 0. The van der Waals surface area contributed by atoms with Crippen LogP contribution in [-0.2, 0) is 0 Å². The van der Waals surface area contributed by atoms with Gasteiger partial charge < -0.3 is 10.6 Å². The summed E-state index contributed by atoms with van der Waals surface area (Å²) in [7, 11) is 0. The fourth-order valence-electron chi connectivity index (χ4n) is 3.52. The summed E-state index contributed by atoms with van der Waals surface area (Å²) < 4.78 is 0. The highest BCUT2D eigenvalue weighted by Crippen LogP contribution is 2.30. The van der Waals surface area contributed by atoms with Crippen LogP contribution in [0.25, 0.3) is 0 Å². The average Bonchev–Trinajstić information content (AvgIpc) is 2.97. The maximum absolute atomic E-state index is 6.16. The van der Waals surface area contributed by atoms with E-state index in [1.807, 2.05) is 18.2 Å². The van der Waals surface area contributed by atoms with Crippen LogP contribution in [0.1, 0.15) is 31.2 Å².